The number of benzene rings is 2. The molecule has 0 aliphatic heterocycles. The maximum Gasteiger partial charge on any atom is 0.167 e. The van der Waals surface area contributed by atoms with Gasteiger partial charge in [0.05, 0.1) is 15.2 Å². The molecule has 0 spiro atoms. The third-order valence-corrected chi connectivity index (χ3v) is 3.62. The van der Waals surface area contributed by atoms with Crippen molar-refractivity contribution in [3.63, 3.8) is 0 Å². The summed E-state index contributed by atoms with van der Waals surface area (Å²) >= 11 is 8.89. The normalized spacial score (nSPS) is 10.5. The van der Waals surface area contributed by atoms with Gasteiger partial charge >= 0.3 is 0 Å². The van der Waals surface area contributed by atoms with Crippen LogP contribution >= 0.6 is 27.5 Å². The van der Waals surface area contributed by atoms with Crippen molar-refractivity contribution in [1.82, 2.24) is 0 Å². The van der Waals surface area contributed by atoms with Crippen molar-refractivity contribution in [2.24, 2.45) is 0 Å². The van der Waals surface area contributed by atoms with Gasteiger partial charge in [-0.05, 0) is 51.8 Å². The molecular formula is C14H10BrClFNO. The molecule has 0 aromatic heterocycles. The summed E-state index contributed by atoms with van der Waals surface area (Å²) in [5.74, 6) is -0.450. The smallest absolute Gasteiger partial charge is 0.167 e. The van der Waals surface area contributed by atoms with E-state index in [2.05, 4.69) is 15.9 Å². The third-order valence-electron chi connectivity index (χ3n) is 2.67. The van der Waals surface area contributed by atoms with Crippen molar-refractivity contribution in [2.75, 3.05) is 5.73 Å². The molecule has 0 saturated heterocycles. The quantitative estimate of drug-likeness (QED) is 0.669. The lowest BCUT2D eigenvalue weighted by Crippen LogP contribution is -2.04. The number of nitrogen functional groups attached to an aromatic ring is 1. The molecule has 0 amide bonds. The van der Waals surface area contributed by atoms with Gasteiger partial charge in [0.1, 0.15) is 5.82 Å². The molecule has 2 nitrogen and oxygen atoms in total. The van der Waals surface area contributed by atoms with Crippen LogP contribution in [0.4, 0.5) is 10.1 Å². The first-order chi connectivity index (χ1) is 8.97. The number of hydrogen-bond donors (Lipinski definition) is 1. The topological polar surface area (TPSA) is 43.1 Å². The van der Waals surface area contributed by atoms with Crippen LogP contribution in [0.2, 0.25) is 5.02 Å². The second-order valence-corrected chi connectivity index (χ2v) is 5.35. The molecule has 0 fully saturated rings. The number of Topliss-reactive ketones (excluding diaryl/α,β-unsaturated/α-hetero) is 1. The Morgan fingerprint density at radius 3 is 2.63 bits per heavy atom. The zero-order valence-electron chi connectivity index (χ0n) is 9.79. The minimum Gasteiger partial charge on any atom is -0.398 e. The predicted octanol–water partition coefficient (Wildman–Crippen LogP) is 4.25. The van der Waals surface area contributed by atoms with E-state index in [0.717, 1.165) is 5.56 Å². The number of rotatable bonds is 3. The van der Waals surface area contributed by atoms with E-state index in [1.807, 2.05) is 0 Å². The van der Waals surface area contributed by atoms with E-state index in [1.165, 1.54) is 6.07 Å². The Morgan fingerprint density at radius 2 is 2.00 bits per heavy atom. The average molecular weight is 343 g/mol. The van der Waals surface area contributed by atoms with Crippen LogP contribution in [0.5, 0.6) is 0 Å². The Morgan fingerprint density at radius 1 is 1.26 bits per heavy atom. The molecule has 0 aliphatic rings. The minimum absolute atomic E-state index is 0.0955. The third kappa shape index (κ3) is 3.33. The lowest BCUT2D eigenvalue weighted by molar-refractivity contribution is 0.0993. The maximum absolute atomic E-state index is 13.1. The molecule has 0 radical (unpaired) electrons. The molecule has 2 aromatic rings. The standard InChI is InChI=1S/C14H10BrClFNO/c15-10-5-8(1-4-12(10)17)6-14(19)9-2-3-11(16)13(18)7-9/h1-5,7H,6,18H2. The minimum atomic E-state index is -0.355. The van der Waals surface area contributed by atoms with Crippen molar-refractivity contribution >= 4 is 39.0 Å². The van der Waals surface area contributed by atoms with Gasteiger partial charge in [-0.25, -0.2) is 4.39 Å². The Balaban J connectivity index is 2.20. The zero-order chi connectivity index (χ0) is 14.0. The molecule has 2 N–H and O–H groups in total. The highest BCUT2D eigenvalue weighted by Crippen LogP contribution is 2.22. The average Bonchev–Trinajstić information content (AvgIpc) is 2.37. The van der Waals surface area contributed by atoms with Gasteiger partial charge in [0.25, 0.3) is 0 Å². The molecule has 0 bridgehead atoms. The molecule has 2 aromatic carbocycles. The maximum atomic E-state index is 13.1. The molecule has 98 valence electrons. The second kappa shape index (κ2) is 5.72. The number of carbonyl (C=O) groups excluding carboxylic acids is 1. The number of hydrogen-bond acceptors (Lipinski definition) is 2. The fraction of sp³-hybridized carbons (Fsp3) is 0.0714. The van der Waals surface area contributed by atoms with E-state index in [-0.39, 0.29) is 18.0 Å². The number of halogens is 3. The molecule has 0 aliphatic carbocycles. The highest BCUT2D eigenvalue weighted by Gasteiger charge is 2.10. The van der Waals surface area contributed by atoms with Gasteiger partial charge in [-0.1, -0.05) is 17.7 Å². The Kier molecular flexibility index (Phi) is 4.22. The molecule has 5 heteroatoms. The van der Waals surface area contributed by atoms with Crippen molar-refractivity contribution in [3.05, 3.63) is 62.8 Å². The van der Waals surface area contributed by atoms with E-state index in [4.69, 9.17) is 17.3 Å². The molecule has 0 saturated carbocycles. The summed E-state index contributed by atoms with van der Waals surface area (Å²) in [6, 6.07) is 9.25. The molecule has 0 unspecified atom stereocenters. The number of carbonyl (C=O) groups is 1. The summed E-state index contributed by atoms with van der Waals surface area (Å²) in [4.78, 5) is 12.1. The largest absolute Gasteiger partial charge is 0.398 e. The molecular weight excluding hydrogens is 333 g/mol. The van der Waals surface area contributed by atoms with Gasteiger partial charge in [0.2, 0.25) is 0 Å². The Hall–Kier alpha value is -1.39. The lowest BCUT2D eigenvalue weighted by atomic mass is 10.0. The van der Waals surface area contributed by atoms with Crippen LogP contribution < -0.4 is 5.73 Å². The van der Waals surface area contributed by atoms with Crippen molar-refractivity contribution in [2.45, 2.75) is 6.42 Å². The molecule has 19 heavy (non-hydrogen) atoms. The van der Waals surface area contributed by atoms with Crippen LogP contribution in [0.3, 0.4) is 0 Å². The van der Waals surface area contributed by atoms with Crippen LogP contribution in [0.15, 0.2) is 40.9 Å². The summed E-state index contributed by atoms with van der Waals surface area (Å²) in [7, 11) is 0. The van der Waals surface area contributed by atoms with E-state index >= 15 is 0 Å². The van der Waals surface area contributed by atoms with Crippen molar-refractivity contribution in [3.8, 4) is 0 Å². The van der Waals surface area contributed by atoms with E-state index in [1.54, 1.807) is 30.3 Å². The fourth-order valence-electron chi connectivity index (χ4n) is 1.65. The van der Waals surface area contributed by atoms with E-state index in [9.17, 15) is 9.18 Å². The number of ketones is 1. The van der Waals surface area contributed by atoms with Crippen molar-refractivity contribution in [1.29, 1.82) is 0 Å². The SMILES string of the molecule is Nc1cc(C(=O)Cc2ccc(F)c(Br)c2)ccc1Cl. The molecule has 0 heterocycles. The first-order valence-electron chi connectivity index (χ1n) is 5.49. The van der Waals surface area contributed by atoms with Gasteiger partial charge in [-0.2, -0.15) is 0 Å². The van der Waals surface area contributed by atoms with E-state index in [0.29, 0.717) is 20.7 Å². The van der Waals surface area contributed by atoms with Crippen LogP contribution in [-0.2, 0) is 6.42 Å². The monoisotopic (exact) mass is 341 g/mol. The van der Waals surface area contributed by atoms with E-state index < -0.39 is 0 Å². The number of nitrogens with two attached hydrogens (primary N) is 1. The van der Waals surface area contributed by atoms with Gasteiger partial charge < -0.3 is 5.73 Å². The van der Waals surface area contributed by atoms with Crippen LogP contribution in [-0.4, -0.2) is 5.78 Å². The van der Waals surface area contributed by atoms with Gasteiger partial charge in [-0.15, -0.1) is 0 Å². The summed E-state index contributed by atoms with van der Waals surface area (Å²) in [6.07, 6.45) is 0.181. The second-order valence-electron chi connectivity index (χ2n) is 4.08. The highest BCUT2D eigenvalue weighted by molar-refractivity contribution is 9.10. The Labute approximate surface area is 123 Å². The summed E-state index contributed by atoms with van der Waals surface area (Å²) in [5.41, 5.74) is 7.24. The highest BCUT2D eigenvalue weighted by atomic mass is 79.9. The molecule has 2 rings (SSSR count). The predicted molar refractivity (Wildman–Crippen MR) is 78.0 cm³/mol. The zero-order valence-corrected chi connectivity index (χ0v) is 12.1. The molecule has 0 atom stereocenters. The number of anilines is 1. The Bertz CT molecular complexity index is 645. The van der Waals surface area contributed by atoms with Gasteiger partial charge in [0.15, 0.2) is 5.78 Å². The van der Waals surface area contributed by atoms with Crippen LogP contribution in [0.25, 0.3) is 0 Å². The summed E-state index contributed by atoms with van der Waals surface area (Å²) in [5, 5.41) is 0.418. The van der Waals surface area contributed by atoms with Gasteiger partial charge in [0, 0.05) is 12.0 Å². The van der Waals surface area contributed by atoms with Crippen molar-refractivity contribution < 1.29 is 9.18 Å². The first-order valence-corrected chi connectivity index (χ1v) is 6.66. The summed E-state index contributed by atoms with van der Waals surface area (Å²) < 4.78 is 13.4. The van der Waals surface area contributed by atoms with Gasteiger partial charge in [-0.3, -0.25) is 4.79 Å². The first kappa shape index (κ1) is 14.0. The lowest BCUT2D eigenvalue weighted by Gasteiger charge is -2.05. The van der Waals surface area contributed by atoms with Crippen LogP contribution in [0, 0.1) is 5.82 Å². The fourth-order valence-corrected chi connectivity index (χ4v) is 2.20. The summed E-state index contributed by atoms with van der Waals surface area (Å²) in [6.45, 7) is 0. The van der Waals surface area contributed by atoms with Crippen LogP contribution in [0.1, 0.15) is 15.9 Å².